The van der Waals surface area contributed by atoms with Gasteiger partial charge in [0, 0.05) is 0 Å². The van der Waals surface area contributed by atoms with Crippen LogP contribution in [0.1, 0.15) is 97.3 Å². The average molecular weight is 429 g/mol. The number of unbranched alkanes of at least 4 members (excludes halogenated alkanes) is 10. The summed E-state index contributed by atoms with van der Waals surface area (Å²) in [7, 11) is -4.98. The van der Waals surface area contributed by atoms with Gasteiger partial charge in [-0.1, -0.05) is 78.1 Å². The third-order valence-electron chi connectivity index (χ3n) is 4.47. The fourth-order valence-electron chi connectivity index (χ4n) is 2.73. The van der Waals surface area contributed by atoms with E-state index < -0.39 is 33.7 Å². The SMILES string of the molecule is CCCCCCCCOC(=O)CC(C(=O)OCCCCCCCC)S(=O)(=O)[O-].[Li+]. The summed E-state index contributed by atoms with van der Waals surface area (Å²) in [5.74, 6) is -2.03. The van der Waals surface area contributed by atoms with E-state index in [0.29, 0.717) is 12.8 Å². The van der Waals surface area contributed by atoms with Gasteiger partial charge in [-0.05, 0) is 12.8 Å². The van der Waals surface area contributed by atoms with Gasteiger partial charge in [-0.25, -0.2) is 8.42 Å². The van der Waals surface area contributed by atoms with Crippen LogP contribution in [0.2, 0.25) is 0 Å². The van der Waals surface area contributed by atoms with E-state index in [1.807, 2.05) is 0 Å². The van der Waals surface area contributed by atoms with Crippen molar-refractivity contribution in [2.45, 2.75) is 103 Å². The maximum Gasteiger partial charge on any atom is 1.00 e. The van der Waals surface area contributed by atoms with Gasteiger partial charge in [0.05, 0.1) is 19.6 Å². The Labute approximate surface area is 188 Å². The summed E-state index contributed by atoms with van der Waals surface area (Å²) in [5.41, 5.74) is 0. The Morgan fingerprint density at radius 2 is 1.17 bits per heavy atom. The number of hydrogen-bond donors (Lipinski definition) is 0. The predicted molar refractivity (Wildman–Crippen MR) is 107 cm³/mol. The van der Waals surface area contributed by atoms with Gasteiger partial charge in [0.1, 0.15) is 10.1 Å². The molecule has 1 unspecified atom stereocenters. The molecule has 0 aliphatic carbocycles. The van der Waals surface area contributed by atoms with Crippen molar-refractivity contribution in [1.82, 2.24) is 0 Å². The number of ether oxygens (including phenoxy) is 2. The Morgan fingerprint density at radius 1 is 0.759 bits per heavy atom. The predicted octanol–water partition coefficient (Wildman–Crippen LogP) is 1.10. The number of carbonyl (C=O) groups is 2. The van der Waals surface area contributed by atoms with E-state index in [2.05, 4.69) is 13.8 Å². The third kappa shape index (κ3) is 18.0. The molecule has 29 heavy (non-hydrogen) atoms. The Balaban J connectivity index is 0. The molecule has 0 aromatic heterocycles. The largest absolute Gasteiger partial charge is 1.00 e. The van der Waals surface area contributed by atoms with Crippen LogP contribution in [0.4, 0.5) is 0 Å². The van der Waals surface area contributed by atoms with Gasteiger partial charge in [-0.2, -0.15) is 0 Å². The molecule has 0 bridgehead atoms. The second kappa shape index (κ2) is 19.4. The summed E-state index contributed by atoms with van der Waals surface area (Å²) in [5, 5.41) is -2.04. The van der Waals surface area contributed by atoms with Crippen molar-refractivity contribution in [3.05, 3.63) is 0 Å². The molecule has 0 saturated carbocycles. The second-order valence-corrected chi connectivity index (χ2v) is 8.66. The molecule has 0 aromatic rings. The van der Waals surface area contributed by atoms with Crippen molar-refractivity contribution in [3.63, 3.8) is 0 Å². The topological polar surface area (TPSA) is 110 Å². The van der Waals surface area contributed by atoms with Gasteiger partial charge in [0.15, 0.2) is 5.25 Å². The van der Waals surface area contributed by atoms with Crippen LogP contribution in [0.25, 0.3) is 0 Å². The summed E-state index contributed by atoms with van der Waals surface area (Å²) in [6.45, 7) is 4.44. The molecule has 0 aromatic carbocycles. The molecule has 0 amide bonds. The van der Waals surface area contributed by atoms with E-state index in [9.17, 15) is 22.6 Å². The van der Waals surface area contributed by atoms with Gasteiger partial charge in [-0.15, -0.1) is 0 Å². The Morgan fingerprint density at radius 3 is 1.62 bits per heavy atom. The van der Waals surface area contributed by atoms with Gasteiger partial charge in [0.2, 0.25) is 0 Å². The zero-order valence-corrected chi connectivity index (χ0v) is 19.3. The van der Waals surface area contributed by atoms with Crippen LogP contribution in [0, 0.1) is 0 Å². The third-order valence-corrected chi connectivity index (χ3v) is 5.52. The Bertz CT molecular complexity index is 523. The summed E-state index contributed by atoms with van der Waals surface area (Å²) < 4.78 is 43.8. The molecular formula is C20H37LiO7S. The Kier molecular flexibility index (Phi) is 20.5. The maximum atomic E-state index is 11.9. The van der Waals surface area contributed by atoms with E-state index in [4.69, 9.17) is 9.47 Å². The molecule has 166 valence electrons. The van der Waals surface area contributed by atoms with Crippen LogP contribution in [-0.4, -0.2) is 43.4 Å². The maximum absolute atomic E-state index is 11.9. The first-order chi connectivity index (χ1) is 13.3. The molecule has 0 aliphatic heterocycles. The Hall–Kier alpha value is -0.553. The van der Waals surface area contributed by atoms with Crippen LogP contribution in [0.5, 0.6) is 0 Å². The molecule has 0 saturated heterocycles. The first-order valence-electron chi connectivity index (χ1n) is 10.6. The van der Waals surface area contributed by atoms with Gasteiger partial charge in [0.25, 0.3) is 0 Å². The van der Waals surface area contributed by atoms with Crippen molar-refractivity contribution < 1.29 is 50.9 Å². The smallest absolute Gasteiger partial charge is 0.747 e. The quantitative estimate of drug-likeness (QED) is 0.139. The van der Waals surface area contributed by atoms with E-state index in [1.165, 1.54) is 6.42 Å². The van der Waals surface area contributed by atoms with Crippen LogP contribution in [-0.2, 0) is 29.2 Å². The molecule has 0 radical (unpaired) electrons. The summed E-state index contributed by atoms with van der Waals surface area (Å²) in [6.07, 6.45) is 11.2. The molecule has 0 spiro atoms. The van der Waals surface area contributed by atoms with Crippen LogP contribution >= 0.6 is 0 Å². The molecule has 0 rings (SSSR count). The number of hydrogen-bond acceptors (Lipinski definition) is 7. The summed E-state index contributed by atoms with van der Waals surface area (Å²) in [6, 6.07) is 0. The first-order valence-corrected chi connectivity index (χ1v) is 12.1. The van der Waals surface area contributed by atoms with Crippen molar-refractivity contribution in [3.8, 4) is 0 Å². The van der Waals surface area contributed by atoms with Gasteiger partial charge >= 0.3 is 30.8 Å². The van der Waals surface area contributed by atoms with E-state index in [0.717, 1.165) is 57.8 Å². The fraction of sp³-hybridized carbons (Fsp3) is 0.900. The second-order valence-electron chi connectivity index (χ2n) is 7.11. The van der Waals surface area contributed by atoms with Crippen molar-refractivity contribution in [1.29, 1.82) is 0 Å². The van der Waals surface area contributed by atoms with Crippen molar-refractivity contribution in [2.75, 3.05) is 13.2 Å². The zero-order valence-electron chi connectivity index (χ0n) is 18.4. The number of carbonyl (C=O) groups excluding carboxylic acids is 2. The van der Waals surface area contributed by atoms with Crippen LogP contribution in [0.15, 0.2) is 0 Å². The zero-order chi connectivity index (χ0) is 21.3. The molecule has 7 nitrogen and oxygen atoms in total. The number of esters is 2. The van der Waals surface area contributed by atoms with Crippen LogP contribution < -0.4 is 18.9 Å². The van der Waals surface area contributed by atoms with Gasteiger partial charge in [-0.3, -0.25) is 9.59 Å². The number of rotatable bonds is 18. The van der Waals surface area contributed by atoms with Gasteiger partial charge < -0.3 is 14.0 Å². The van der Waals surface area contributed by atoms with E-state index in [-0.39, 0.29) is 32.1 Å². The minimum atomic E-state index is -4.98. The summed E-state index contributed by atoms with van der Waals surface area (Å²) in [4.78, 5) is 23.7. The first kappa shape index (κ1) is 30.6. The molecular weight excluding hydrogens is 391 g/mol. The average Bonchev–Trinajstić information content (AvgIpc) is 2.63. The standard InChI is InChI=1S/C20H38O7S.Li/c1-3-5-7-9-11-13-15-26-19(21)17-18(28(23,24)25)20(22)27-16-14-12-10-8-6-4-2;/h18H,3-17H2,1-2H3,(H,23,24,25);/q;+1/p-1. The van der Waals surface area contributed by atoms with Crippen LogP contribution in [0.3, 0.4) is 0 Å². The molecule has 0 heterocycles. The normalized spacial score (nSPS) is 12.1. The fourth-order valence-corrected chi connectivity index (χ4v) is 3.37. The van der Waals surface area contributed by atoms with E-state index >= 15 is 0 Å². The molecule has 0 fully saturated rings. The van der Waals surface area contributed by atoms with Crippen molar-refractivity contribution >= 4 is 22.1 Å². The molecule has 1 atom stereocenters. The monoisotopic (exact) mass is 428 g/mol. The van der Waals surface area contributed by atoms with Crippen molar-refractivity contribution in [2.24, 2.45) is 0 Å². The molecule has 9 heteroatoms. The minimum Gasteiger partial charge on any atom is -0.747 e. The van der Waals surface area contributed by atoms with E-state index in [1.54, 1.807) is 0 Å². The minimum absolute atomic E-state index is 0. The molecule has 0 N–H and O–H groups in total. The molecule has 0 aliphatic rings. The summed E-state index contributed by atoms with van der Waals surface area (Å²) >= 11 is 0.